The number of aromatic nitrogens is 2. The number of nitrogens with zero attached hydrogens (tertiary/aromatic N) is 2. The molecule has 0 radical (unpaired) electrons. The number of halogens is 1. The first-order valence-corrected chi connectivity index (χ1v) is 8.01. The predicted octanol–water partition coefficient (Wildman–Crippen LogP) is 3.71. The second-order valence-corrected chi connectivity index (χ2v) is 5.74. The van der Waals surface area contributed by atoms with E-state index in [1.165, 1.54) is 10.2 Å². The van der Waals surface area contributed by atoms with Crippen molar-refractivity contribution < 1.29 is 0 Å². The molecule has 0 saturated heterocycles. The van der Waals surface area contributed by atoms with Crippen LogP contribution in [0.1, 0.15) is 45.5 Å². The van der Waals surface area contributed by atoms with E-state index in [2.05, 4.69) is 70.9 Å². The molecule has 0 unspecified atom stereocenters. The maximum absolute atomic E-state index is 4.61. The highest BCUT2D eigenvalue weighted by Gasteiger charge is 2.11. The minimum Gasteiger partial charge on any atom is -0.314 e. The summed E-state index contributed by atoms with van der Waals surface area (Å²) < 4.78 is 3.28. The molecule has 0 aliphatic carbocycles. The first kappa shape index (κ1) is 16.4. The second kappa shape index (κ2) is 8.54. The lowest BCUT2D eigenvalue weighted by Gasteiger charge is -2.05. The molecule has 1 rings (SSSR count). The van der Waals surface area contributed by atoms with E-state index in [9.17, 15) is 0 Å². The Hall–Kier alpha value is -0.610. The predicted molar refractivity (Wildman–Crippen MR) is 85.6 cm³/mol. The van der Waals surface area contributed by atoms with Crippen molar-refractivity contribution in [1.29, 1.82) is 0 Å². The van der Waals surface area contributed by atoms with Crippen LogP contribution in [0, 0.1) is 0 Å². The Morgan fingerprint density at radius 3 is 2.63 bits per heavy atom. The van der Waals surface area contributed by atoms with Gasteiger partial charge in [-0.15, -0.1) is 0 Å². The van der Waals surface area contributed by atoms with E-state index in [4.69, 9.17) is 0 Å². The lowest BCUT2D eigenvalue weighted by atomic mass is 10.2. The molecular formula is C15H26BrN3. The van der Waals surface area contributed by atoms with Crippen molar-refractivity contribution >= 4 is 15.9 Å². The molecule has 0 atom stereocenters. The molecule has 3 nitrogen and oxygen atoms in total. The number of allylic oxidation sites excluding steroid dienone is 1. The highest BCUT2D eigenvalue weighted by molar-refractivity contribution is 9.10. The molecule has 1 N–H and O–H groups in total. The normalized spacial score (nSPS) is 11.9. The lowest BCUT2D eigenvalue weighted by Crippen LogP contribution is -2.23. The molecule has 0 aromatic carbocycles. The Balaban J connectivity index is 2.52. The van der Waals surface area contributed by atoms with Gasteiger partial charge in [0.2, 0.25) is 0 Å². The van der Waals surface area contributed by atoms with Crippen LogP contribution >= 0.6 is 15.9 Å². The van der Waals surface area contributed by atoms with E-state index >= 15 is 0 Å². The summed E-state index contributed by atoms with van der Waals surface area (Å²) in [4.78, 5) is 0. The van der Waals surface area contributed by atoms with E-state index in [0.717, 1.165) is 38.0 Å². The maximum atomic E-state index is 4.61. The van der Waals surface area contributed by atoms with E-state index in [1.807, 2.05) is 0 Å². The average Bonchev–Trinajstić information content (AvgIpc) is 2.69. The first-order valence-electron chi connectivity index (χ1n) is 7.22. The Bertz CT molecular complexity index is 408. The highest BCUT2D eigenvalue weighted by Crippen LogP contribution is 2.23. The second-order valence-electron chi connectivity index (χ2n) is 4.95. The van der Waals surface area contributed by atoms with Crippen molar-refractivity contribution in [3.63, 3.8) is 0 Å². The van der Waals surface area contributed by atoms with Gasteiger partial charge in [0.1, 0.15) is 0 Å². The largest absolute Gasteiger partial charge is 0.314 e. The fourth-order valence-corrected chi connectivity index (χ4v) is 2.71. The molecule has 0 aliphatic rings. The average molecular weight is 328 g/mol. The van der Waals surface area contributed by atoms with Gasteiger partial charge in [0.05, 0.1) is 15.9 Å². The number of hydrogen-bond acceptors (Lipinski definition) is 2. The van der Waals surface area contributed by atoms with Gasteiger partial charge in [0.15, 0.2) is 0 Å². The Labute approximate surface area is 125 Å². The van der Waals surface area contributed by atoms with Crippen LogP contribution < -0.4 is 5.32 Å². The first-order chi connectivity index (χ1) is 9.10. The van der Waals surface area contributed by atoms with Gasteiger partial charge in [0, 0.05) is 19.0 Å². The molecular weight excluding hydrogens is 302 g/mol. The summed E-state index contributed by atoms with van der Waals surface area (Å²) in [6, 6.07) is 0.566. The van der Waals surface area contributed by atoms with Gasteiger partial charge in [-0.3, -0.25) is 4.68 Å². The van der Waals surface area contributed by atoms with Crippen molar-refractivity contribution in [2.75, 3.05) is 6.54 Å². The molecule has 0 aliphatic heterocycles. The molecule has 0 amide bonds. The van der Waals surface area contributed by atoms with Gasteiger partial charge < -0.3 is 5.32 Å². The minimum absolute atomic E-state index is 0.566. The van der Waals surface area contributed by atoms with Gasteiger partial charge in [-0.1, -0.05) is 32.9 Å². The topological polar surface area (TPSA) is 29.9 Å². The van der Waals surface area contributed by atoms with Crippen molar-refractivity contribution in [1.82, 2.24) is 15.1 Å². The third-order valence-corrected chi connectivity index (χ3v) is 3.95. The van der Waals surface area contributed by atoms with Crippen LogP contribution in [0.4, 0.5) is 0 Å². The molecule has 1 heterocycles. The summed E-state index contributed by atoms with van der Waals surface area (Å²) in [7, 11) is 0. The summed E-state index contributed by atoms with van der Waals surface area (Å²) in [5.41, 5.74) is 2.44. The monoisotopic (exact) mass is 327 g/mol. The zero-order chi connectivity index (χ0) is 14.3. The number of hydrogen-bond donors (Lipinski definition) is 1. The van der Waals surface area contributed by atoms with Crippen molar-refractivity contribution in [2.24, 2.45) is 0 Å². The zero-order valence-corrected chi connectivity index (χ0v) is 14.1. The quantitative estimate of drug-likeness (QED) is 0.582. The highest BCUT2D eigenvalue weighted by atomic mass is 79.9. The van der Waals surface area contributed by atoms with Crippen LogP contribution in [0.5, 0.6) is 0 Å². The third kappa shape index (κ3) is 5.11. The molecule has 1 aromatic rings. The van der Waals surface area contributed by atoms with E-state index in [1.54, 1.807) is 0 Å². The van der Waals surface area contributed by atoms with E-state index < -0.39 is 0 Å². The van der Waals surface area contributed by atoms with Crippen LogP contribution in [0.2, 0.25) is 0 Å². The standard InChI is InChI=1S/C15H26BrN3/c1-5-13-15(16)14(19(6-2)18-13)10-8-7-9-11-17-12(3)4/h7-8,12,17H,5-6,9-11H2,1-4H3. The third-order valence-electron chi connectivity index (χ3n) is 3.04. The van der Waals surface area contributed by atoms with E-state index in [-0.39, 0.29) is 0 Å². The van der Waals surface area contributed by atoms with Gasteiger partial charge in [-0.25, -0.2) is 0 Å². The molecule has 0 bridgehead atoms. The Morgan fingerprint density at radius 1 is 1.32 bits per heavy atom. The molecule has 4 heteroatoms. The summed E-state index contributed by atoms with van der Waals surface area (Å²) in [5.74, 6) is 0. The van der Waals surface area contributed by atoms with Crippen LogP contribution in [0.25, 0.3) is 0 Å². The number of rotatable bonds is 8. The van der Waals surface area contributed by atoms with E-state index in [0.29, 0.717) is 6.04 Å². The molecule has 0 saturated carbocycles. The molecule has 19 heavy (non-hydrogen) atoms. The van der Waals surface area contributed by atoms with Crippen molar-refractivity contribution in [3.8, 4) is 0 Å². The minimum atomic E-state index is 0.566. The van der Waals surface area contributed by atoms with Crippen molar-refractivity contribution in [2.45, 2.75) is 59.5 Å². The van der Waals surface area contributed by atoms with Gasteiger partial charge >= 0.3 is 0 Å². The van der Waals surface area contributed by atoms with Gasteiger partial charge in [-0.05, 0) is 42.2 Å². The lowest BCUT2D eigenvalue weighted by molar-refractivity contribution is 0.594. The van der Waals surface area contributed by atoms with Crippen LogP contribution in [0.3, 0.4) is 0 Å². The summed E-state index contributed by atoms with van der Waals surface area (Å²) in [6.45, 7) is 10.6. The van der Waals surface area contributed by atoms with Gasteiger partial charge in [-0.2, -0.15) is 5.10 Å². The number of nitrogens with one attached hydrogen (secondary N) is 1. The SMILES string of the molecule is CCc1nn(CC)c(CC=CCCNC(C)C)c1Br. The zero-order valence-electron chi connectivity index (χ0n) is 12.5. The van der Waals surface area contributed by atoms with Gasteiger partial charge in [0.25, 0.3) is 0 Å². The molecule has 108 valence electrons. The molecule has 0 spiro atoms. The van der Waals surface area contributed by atoms with Crippen LogP contribution in [-0.2, 0) is 19.4 Å². The van der Waals surface area contributed by atoms with Crippen LogP contribution in [0.15, 0.2) is 16.6 Å². The summed E-state index contributed by atoms with van der Waals surface area (Å²) >= 11 is 3.68. The summed E-state index contributed by atoms with van der Waals surface area (Å²) in [6.07, 6.45) is 7.50. The fourth-order valence-electron chi connectivity index (χ4n) is 1.98. The van der Waals surface area contributed by atoms with Crippen LogP contribution in [-0.4, -0.2) is 22.4 Å². The fraction of sp³-hybridized carbons (Fsp3) is 0.667. The summed E-state index contributed by atoms with van der Waals surface area (Å²) in [5, 5.41) is 8.02. The smallest absolute Gasteiger partial charge is 0.0766 e. The maximum Gasteiger partial charge on any atom is 0.0766 e. The Kier molecular flexibility index (Phi) is 7.39. The molecule has 1 aromatic heterocycles. The number of aryl methyl sites for hydroxylation is 2. The van der Waals surface area contributed by atoms with Crippen molar-refractivity contribution in [3.05, 3.63) is 28.0 Å². The molecule has 0 fully saturated rings. The Morgan fingerprint density at radius 2 is 2.05 bits per heavy atom.